The Hall–Kier alpha value is -1.38. The molecule has 0 radical (unpaired) electrons. The molecule has 0 aliphatic heterocycles. The lowest BCUT2D eigenvalue weighted by Gasteiger charge is -2.18. The van der Waals surface area contributed by atoms with Crippen LogP contribution in [0.5, 0.6) is 5.75 Å². The first kappa shape index (κ1) is 10.1. The van der Waals surface area contributed by atoms with Gasteiger partial charge in [0.15, 0.2) is 0 Å². The van der Waals surface area contributed by atoms with Crippen LogP contribution in [0.15, 0.2) is 18.2 Å². The van der Waals surface area contributed by atoms with Gasteiger partial charge in [0.25, 0.3) is 0 Å². The third-order valence-electron chi connectivity index (χ3n) is 2.55. The summed E-state index contributed by atoms with van der Waals surface area (Å²) < 4.78 is 5.88. The van der Waals surface area contributed by atoms with Gasteiger partial charge in [0, 0.05) is 32.9 Å². The van der Waals surface area contributed by atoms with Crippen molar-refractivity contribution in [1.29, 1.82) is 0 Å². The molecule has 1 fully saturated rings. The molecule has 1 aliphatic carbocycles. The summed E-state index contributed by atoms with van der Waals surface area (Å²) in [5.74, 6) is 0.981. The Balaban J connectivity index is 2.26. The van der Waals surface area contributed by atoms with Crippen LogP contribution in [0.1, 0.15) is 12.8 Å². The van der Waals surface area contributed by atoms with Crippen molar-refractivity contribution in [3.05, 3.63) is 18.2 Å². The van der Waals surface area contributed by atoms with Gasteiger partial charge in [-0.3, -0.25) is 0 Å². The molecule has 3 heteroatoms. The zero-order valence-electron chi connectivity index (χ0n) is 9.58. The zero-order chi connectivity index (χ0) is 10.8. The first-order valence-corrected chi connectivity index (χ1v) is 5.36. The monoisotopic (exact) mass is 206 g/mol. The molecule has 15 heavy (non-hydrogen) atoms. The Morgan fingerprint density at radius 1 is 1.33 bits per heavy atom. The predicted molar refractivity (Wildman–Crippen MR) is 64.0 cm³/mol. The van der Waals surface area contributed by atoms with E-state index in [4.69, 9.17) is 4.74 Å². The van der Waals surface area contributed by atoms with Crippen LogP contribution >= 0.6 is 0 Å². The Labute approximate surface area is 91.0 Å². The van der Waals surface area contributed by atoms with Gasteiger partial charge in [-0.1, -0.05) is 0 Å². The molecule has 2 rings (SSSR count). The fourth-order valence-electron chi connectivity index (χ4n) is 1.50. The lowest BCUT2D eigenvalue weighted by molar-refractivity contribution is 0.304. The maximum atomic E-state index is 5.88. The summed E-state index contributed by atoms with van der Waals surface area (Å²) in [7, 11) is 5.99. The lowest BCUT2D eigenvalue weighted by atomic mass is 10.2. The molecule has 82 valence electrons. The molecule has 0 spiro atoms. The number of nitrogens with zero attached hydrogens (tertiary/aromatic N) is 1. The first-order valence-electron chi connectivity index (χ1n) is 5.36. The summed E-state index contributed by atoms with van der Waals surface area (Å²) in [4.78, 5) is 2.08. The molecular formula is C12H18N2O. The van der Waals surface area contributed by atoms with E-state index in [1.54, 1.807) is 0 Å². The van der Waals surface area contributed by atoms with Crippen molar-refractivity contribution < 1.29 is 4.74 Å². The number of anilines is 2. The lowest BCUT2D eigenvalue weighted by Crippen LogP contribution is -2.11. The van der Waals surface area contributed by atoms with Crippen LogP contribution in [-0.2, 0) is 0 Å². The quantitative estimate of drug-likeness (QED) is 0.818. The van der Waals surface area contributed by atoms with Crippen LogP contribution in [-0.4, -0.2) is 27.2 Å². The van der Waals surface area contributed by atoms with Gasteiger partial charge in [0.2, 0.25) is 0 Å². The number of ether oxygens (including phenoxy) is 1. The maximum Gasteiger partial charge on any atom is 0.145 e. The fourth-order valence-corrected chi connectivity index (χ4v) is 1.50. The molecule has 0 unspecified atom stereocenters. The fraction of sp³-hybridized carbons (Fsp3) is 0.500. The highest BCUT2D eigenvalue weighted by Crippen LogP contribution is 2.35. The molecule has 1 aliphatic rings. The van der Waals surface area contributed by atoms with E-state index in [-0.39, 0.29) is 0 Å². The Kier molecular flexibility index (Phi) is 2.71. The molecule has 0 bridgehead atoms. The van der Waals surface area contributed by atoms with Crippen molar-refractivity contribution in [2.75, 3.05) is 31.4 Å². The average Bonchev–Trinajstić information content (AvgIpc) is 3.01. The summed E-state index contributed by atoms with van der Waals surface area (Å²) in [6.07, 6.45) is 2.82. The molecule has 1 saturated carbocycles. The third-order valence-corrected chi connectivity index (χ3v) is 2.55. The Morgan fingerprint density at radius 3 is 2.60 bits per heavy atom. The van der Waals surface area contributed by atoms with E-state index in [0.29, 0.717) is 6.10 Å². The second-order valence-corrected chi connectivity index (χ2v) is 4.14. The van der Waals surface area contributed by atoms with Crippen LogP contribution in [0, 0.1) is 0 Å². The maximum absolute atomic E-state index is 5.88. The van der Waals surface area contributed by atoms with Crippen LogP contribution in [0.4, 0.5) is 11.4 Å². The molecule has 0 amide bonds. The van der Waals surface area contributed by atoms with Crippen LogP contribution < -0.4 is 15.0 Å². The number of hydrogen-bond acceptors (Lipinski definition) is 3. The predicted octanol–water partition coefficient (Wildman–Crippen LogP) is 2.34. The SMILES string of the molecule is CNc1ccc(N(C)C)c(OC2CC2)c1. The van der Waals surface area contributed by atoms with E-state index in [1.165, 1.54) is 12.8 Å². The van der Waals surface area contributed by atoms with Gasteiger partial charge in [-0.05, 0) is 25.0 Å². The third kappa shape index (κ3) is 2.35. The molecule has 1 N–H and O–H groups in total. The second kappa shape index (κ2) is 4.01. The van der Waals surface area contributed by atoms with Gasteiger partial charge < -0.3 is 15.0 Å². The second-order valence-electron chi connectivity index (χ2n) is 4.14. The van der Waals surface area contributed by atoms with E-state index in [1.807, 2.05) is 21.1 Å². The normalized spacial score (nSPS) is 14.9. The van der Waals surface area contributed by atoms with Crippen LogP contribution in [0.25, 0.3) is 0 Å². The van der Waals surface area contributed by atoms with Gasteiger partial charge in [-0.15, -0.1) is 0 Å². The highest BCUT2D eigenvalue weighted by atomic mass is 16.5. The van der Waals surface area contributed by atoms with Crippen molar-refractivity contribution in [2.24, 2.45) is 0 Å². The standard InChI is InChI=1S/C12H18N2O/c1-13-9-4-7-11(14(2)3)12(8-9)15-10-5-6-10/h4,7-8,10,13H,5-6H2,1-3H3. The average molecular weight is 206 g/mol. The van der Waals surface area contributed by atoms with E-state index < -0.39 is 0 Å². The molecule has 0 aromatic heterocycles. The summed E-state index contributed by atoms with van der Waals surface area (Å²) in [5, 5.41) is 3.13. The highest BCUT2D eigenvalue weighted by Gasteiger charge is 2.24. The van der Waals surface area contributed by atoms with Crippen molar-refractivity contribution in [3.63, 3.8) is 0 Å². The number of nitrogens with one attached hydrogen (secondary N) is 1. The minimum absolute atomic E-state index is 0.441. The zero-order valence-corrected chi connectivity index (χ0v) is 9.58. The molecule has 1 aromatic rings. The van der Waals surface area contributed by atoms with Crippen molar-refractivity contribution in [3.8, 4) is 5.75 Å². The number of hydrogen-bond donors (Lipinski definition) is 1. The summed E-state index contributed by atoms with van der Waals surface area (Å²) in [6.45, 7) is 0. The summed E-state index contributed by atoms with van der Waals surface area (Å²) in [6, 6.07) is 6.21. The molecule has 1 aromatic carbocycles. The molecule has 0 saturated heterocycles. The minimum atomic E-state index is 0.441. The molecule has 0 heterocycles. The summed E-state index contributed by atoms with van der Waals surface area (Å²) >= 11 is 0. The van der Waals surface area contributed by atoms with E-state index in [2.05, 4.69) is 28.4 Å². The van der Waals surface area contributed by atoms with Crippen molar-refractivity contribution in [1.82, 2.24) is 0 Å². The van der Waals surface area contributed by atoms with Gasteiger partial charge in [0.05, 0.1) is 11.8 Å². The van der Waals surface area contributed by atoms with Gasteiger partial charge in [0.1, 0.15) is 5.75 Å². The van der Waals surface area contributed by atoms with E-state index in [0.717, 1.165) is 17.1 Å². The van der Waals surface area contributed by atoms with E-state index in [9.17, 15) is 0 Å². The molecule has 0 atom stereocenters. The van der Waals surface area contributed by atoms with Gasteiger partial charge >= 0.3 is 0 Å². The number of rotatable bonds is 4. The van der Waals surface area contributed by atoms with Gasteiger partial charge in [-0.25, -0.2) is 0 Å². The Bertz CT molecular complexity index is 345. The minimum Gasteiger partial charge on any atom is -0.488 e. The molecular weight excluding hydrogens is 188 g/mol. The van der Waals surface area contributed by atoms with Gasteiger partial charge in [-0.2, -0.15) is 0 Å². The largest absolute Gasteiger partial charge is 0.488 e. The van der Waals surface area contributed by atoms with E-state index >= 15 is 0 Å². The van der Waals surface area contributed by atoms with Crippen LogP contribution in [0.3, 0.4) is 0 Å². The van der Waals surface area contributed by atoms with Crippen molar-refractivity contribution in [2.45, 2.75) is 18.9 Å². The smallest absolute Gasteiger partial charge is 0.145 e. The summed E-state index contributed by atoms with van der Waals surface area (Å²) in [5.41, 5.74) is 2.23. The molecule has 3 nitrogen and oxygen atoms in total. The number of benzene rings is 1. The van der Waals surface area contributed by atoms with Crippen molar-refractivity contribution >= 4 is 11.4 Å². The Morgan fingerprint density at radius 2 is 2.07 bits per heavy atom. The van der Waals surface area contributed by atoms with Crippen LogP contribution in [0.2, 0.25) is 0 Å². The topological polar surface area (TPSA) is 24.5 Å². The first-order chi connectivity index (χ1) is 7.20. The highest BCUT2D eigenvalue weighted by molar-refractivity contribution is 5.64.